The SMILES string of the molecule is Cl.NC(CNC(=O)C1CCCN1C(=O)c1cccs1)C1CC1. The lowest BCUT2D eigenvalue weighted by molar-refractivity contribution is -0.124. The number of halogens is 1. The van der Waals surface area contributed by atoms with Crippen LogP contribution in [0.5, 0.6) is 0 Å². The number of nitrogens with zero attached hydrogens (tertiary/aromatic N) is 1. The van der Waals surface area contributed by atoms with Crippen LogP contribution in [0.1, 0.15) is 35.4 Å². The number of amides is 2. The summed E-state index contributed by atoms with van der Waals surface area (Å²) in [7, 11) is 0. The molecule has 0 bridgehead atoms. The molecule has 0 aromatic carbocycles. The molecule has 2 heterocycles. The number of thiophene rings is 1. The highest BCUT2D eigenvalue weighted by Gasteiger charge is 2.35. The third-order valence-electron chi connectivity index (χ3n) is 4.29. The van der Waals surface area contributed by atoms with Crippen molar-refractivity contribution in [3.05, 3.63) is 22.4 Å². The second-order valence-electron chi connectivity index (χ2n) is 5.88. The van der Waals surface area contributed by atoms with Crippen LogP contribution in [0, 0.1) is 5.92 Å². The van der Waals surface area contributed by atoms with Gasteiger partial charge in [0.1, 0.15) is 6.04 Å². The molecule has 1 aromatic rings. The molecule has 0 radical (unpaired) electrons. The van der Waals surface area contributed by atoms with Crippen LogP contribution in [0.3, 0.4) is 0 Å². The molecule has 2 amide bonds. The summed E-state index contributed by atoms with van der Waals surface area (Å²) in [5.41, 5.74) is 6.00. The van der Waals surface area contributed by atoms with Crippen LogP contribution >= 0.6 is 23.7 Å². The van der Waals surface area contributed by atoms with E-state index in [-0.39, 0.29) is 36.3 Å². The Morgan fingerprint density at radius 3 is 2.82 bits per heavy atom. The number of nitrogens with two attached hydrogens (primary N) is 1. The molecule has 2 atom stereocenters. The lowest BCUT2D eigenvalue weighted by atomic mass is 10.1. The minimum Gasteiger partial charge on any atom is -0.353 e. The first-order valence-corrected chi connectivity index (χ1v) is 8.42. The molecule has 22 heavy (non-hydrogen) atoms. The van der Waals surface area contributed by atoms with Gasteiger partial charge in [-0.1, -0.05) is 6.07 Å². The van der Waals surface area contributed by atoms with Gasteiger partial charge in [-0.3, -0.25) is 9.59 Å². The van der Waals surface area contributed by atoms with E-state index >= 15 is 0 Å². The summed E-state index contributed by atoms with van der Waals surface area (Å²) in [6, 6.07) is 3.38. The highest BCUT2D eigenvalue weighted by molar-refractivity contribution is 7.12. The quantitative estimate of drug-likeness (QED) is 0.853. The Kier molecular flexibility index (Phi) is 5.83. The molecule has 3 rings (SSSR count). The third-order valence-corrected chi connectivity index (χ3v) is 5.15. The molecular formula is C15H22ClN3O2S. The predicted molar refractivity (Wildman–Crippen MR) is 89.3 cm³/mol. The number of carbonyl (C=O) groups is 2. The van der Waals surface area contributed by atoms with Crippen molar-refractivity contribution in [2.24, 2.45) is 11.7 Å². The molecule has 1 aliphatic carbocycles. The van der Waals surface area contributed by atoms with Crippen LogP contribution in [-0.2, 0) is 4.79 Å². The summed E-state index contributed by atoms with van der Waals surface area (Å²) in [5, 5.41) is 4.80. The normalized spacial score (nSPS) is 22.0. The smallest absolute Gasteiger partial charge is 0.264 e. The van der Waals surface area contributed by atoms with Crippen molar-refractivity contribution in [2.45, 2.75) is 37.8 Å². The first kappa shape index (κ1) is 17.2. The molecule has 0 spiro atoms. The van der Waals surface area contributed by atoms with E-state index in [2.05, 4.69) is 5.32 Å². The summed E-state index contributed by atoms with van der Waals surface area (Å²) < 4.78 is 0. The second kappa shape index (κ2) is 7.44. The number of nitrogens with one attached hydrogen (secondary N) is 1. The van der Waals surface area contributed by atoms with E-state index in [9.17, 15) is 9.59 Å². The van der Waals surface area contributed by atoms with E-state index in [0.717, 1.165) is 12.8 Å². The van der Waals surface area contributed by atoms with E-state index in [1.807, 2.05) is 17.5 Å². The summed E-state index contributed by atoms with van der Waals surface area (Å²) >= 11 is 1.42. The molecule has 2 unspecified atom stereocenters. The zero-order valence-corrected chi connectivity index (χ0v) is 14.0. The van der Waals surface area contributed by atoms with E-state index in [0.29, 0.717) is 23.9 Å². The van der Waals surface area contributed by atoms with Gasteiger partial charge in [-0.25, -0.2) is 0 Å². The maximum Gasteiger partial charge on any atom is 0.264 e. The Morgan fingerprint density at radius 1 is 1.41 bits per heavy atom. The van der Waals surface area contributed by atoms with E-state index < -0.39 is 0 Å². The van der Waals surface area contributed by atoms with Crippen molar-refractivity contribution >= 4 is 35.6 Å². The molecule has 1 aliphatic heterocycles. The van der Waals surface area contributed by atoms with Crippen LogP contribution in [0.25, 0.3) is 0 Å². The Morgan fingerprint density at radius 2 is 2.18 bits per heavy atom. The molecule has 5 nitrogen and oxygen atoms in total. The largest absolute Gasteiger partial charge is 0.353 e. The van der Waals surface area contributed by atoms with Crippen molar-refractivity contribution in [3.63, 3.8) is 0 Å². The van der Waals surface area contributed by atoms with E-state index in [4.69, 9.17) is 5.73 Å². The van der Waals surface area contributed by atoms with Gasteiger partial charge in [-0.15, -0.1) is 23.7 Å². The molecule has 7 heteroatoms. The van der Waals surface area contributed by atoms with Crippen molar-refractivity contribution < 1.29 is 9.59 Å². The zero-order chi connectivity index (χ0) is 14.8. The van der Waals surface area contributed by atoms with Crippen molar-refractivity contribution in [3.8, 4) is 0 Å². The number of carbonyl (C=O) groups excluding carboxylic acids is 2. The Labute approximate surface area is 140 Å². The van der Waals surface area contributed by atoms with Gasteiger partial charge in [0, 0.05) is 19.1 Å². The summed E-state index contributed by atoms with van der Waals surface area (Å²) in [5.74, 6) is 0.473. The van der Waals surface area contributed by atoms with Gasteiger partial charge >= 0.3 is 0 Å². The minimum atomic E-state index is -0.342. The number of likely N-dealkylation sites (tertiary alicyclic amines) is 1. The summed E-state index contributed by atoms with van der Waals surface area (Å²) in [6.45, 7) is 1.17. The van der Waals surface area contributed by atoms with Crippen LogP contribution in [0.4, 0.5) is 0 Å². The van der Waals surface area contributed by atoms with Gasteiger partial charge in [0.25, 0.3) is 5.91 Å². The Hall–Kier alpha value is -1.11. The van der Waals surface area contributed by atoms with Crippen molar-refractivity contribution in [1.82, 2.24) is 10.2 Å². The van der Waals surface area contributed by atoms with Crippen LogP contribution in [0.15, 0.2) is 17.5 Å². The topological polar surface area (TPSA) is 75.4 Å². The fraction of sp³-hybridized carbons (Fsp3) is 0.600. The first-order chi connectivity index (χ1) is 10.2. The molecule has 2 fully saturated rings. The van der Waals surface area contributed by atoms with Gasteiger partial charge in [-0.2, -0.15) is 0 Å². The monoisotopic (exact) mass is 343 g/mol. The third kappa shape index (κ3) is 3.80. The number of rotatable bonds is 5. The van der Waals surface area contributed by atoms with Crippen LogP contribution < -0.4 is 11.1 Å². The minimum absolute atomic E-state index is 0. The zero-order valence-electron chi connectivity index (χ0n) is 12.4. The van der Waals surface area contributed by atoms with Gasteiger partial charge < -0.3 is 16.0 Å². The van der Waals surface area contributed by atoms with E-state index in [1.54, 1.807) is 4.90 Å². The number of hydrogen-bond donors (Lipinski definition) is 2. The fourth-order valence-corrected chi connectivity index (χ4v) is 3.53. The van der Waals surface area contributed by atoms with Gasteiger partial charge in [0.05, 0.1) is 4.88 Å². The Balaban J connectivity index is 0.00000176. The van der Waals surface area contributed by atoms with E-state index in [1.165, 1.54) is 24.2 Å². The van der Waals surface area contributed by atoms with Crippen LogP contribution in [0.2, 0.25) is 0 Å². The Bertz CT molecular complexity index is 519. The maximum atomic E-state index is 12.4. The second-order valence-corrected chi connectivity index (χ2v) is 6.83. The standard InChI is InChI=1S/C15H21N3O2S.ClH/c16-11(10-5-6-10)9-17-14(19)12-3-1-7-18(12)15(20)13-4-2-8-21-13;/h2,4,8,10-12H,1,3,5-7,9,16H2,(H,17,19);1H. The van der Waals surface area contributed by atoms with Gasteiger partial charge in [0.2, 0.25) is 5.91 Å². The molecule has 3 N–H and O–H groups in total. The summed E-state index contributed by atoms with van der Waals surface area (Å²) in [6.07, 6.45) is 3.96. The molecule has 2 aliphatic rings. The van der Waals surface area contributed by atoms with Crippen LogP contribution in [-0.4, -0.2) is 41.9 Å². The van der Waals surface area contributed by atoms with Gasteiger partial charge in [-0.05, 0) is 43.0 Å². The average Bonchev–Trinajstić information content (AvgIpc) is 3.02. The highest BCUT2D eigenvalue weighted by Crippen LogP contribution is 2.31. The maximum absolute atomic E-state index is 12.4. The van der Waals surface area contributed by atoms with Crippen molar-refractivity contribution in [2.75, 3.05) is 13.1 Å². The van der Waals surface area contributed by atoms with Gasteiger partial charge in [0.15, 0.2) is 0 Å². The average molecular weight is 344 g/mol. The molecule has 122 valence electrons. The molecule has 1 saturated heterocycles. The molecular weight excluding hydrogens is 322 g/mol. The predicted octanol–water partition coefficient (Wildman–Crippen LogP) is 1.63. The summed E-state index contributed by atoms with van der Waals surface area (Å²) in [4.78, 5) is 27.1. The first-order valence-electron chi connectivity index (χ1n) is 7.54. The highest BCUT2D eigenvalue weighted by atomic mass is 35.5. The molecule has 1 saturated carbocycles. The lowest BCUT2D eigenvalue weighted by Gasteiger charge is -2.24. The lowest BCUT2D eigenvalue weighted by Crippen LogP contribution is -2.48. The van der Waals surface area contributed by atoms with Crippen molar-refractivity contribution in [1.29, 1.82) is 0 Å². The molecule has 1 aromatic heterocycles. The number of hydrogen-bond acceptors (Lipinski definition) is 4. The fourth-order valence-electron chi connectivity index (χ4n) is 2.85.